The molecule has 82 valence electrons. The van der Waals surface area contributed by atoms with Gasteiger partial charge in [-0.25, -0.2) is 4.98 Å². The molecule has 0 amide bonds. The minimum Gasteiger partial charge on any atom is -0.329 e. The molecule has 0 spiro atoms. The van der Waals surface area contributed by atoms with E-state index in [1.807, 2.05) is 5.38 Å². The second-order valence-corrected chi connectivity index (χ2v) is 4.66. The largest absolute Gasteiger partial charge is 0.329 e. The number of nitrogens with two attached hydrogens (primary N) is 1. The van der Waals surface area contributed by atoms with Crippen LogP contribution in [0.1, 0.15) is 22.6 Å². The summed E-state index contributed by atoms with van der Waals surface area (Å²) in [5.74, 6) is 0.116. The SMILES string of the molecule is NC[C@@H]1CCCN1CC(=O)c1nccs1. The van der Waals surface area contributed by atoms with Gasteiger partial charge in [0.25, 0.3) is 0 Å². The van der Waals surface area contributed by atoms with Gasteiger partial charge < -0.3 is 5.73 Å². The molecule has 1 aliphatic rings. The van der Waals surface area contributed by atoms with Crippen molar-refractivity contribution in [3.8, 4) is 0 Å². The molecule has 0 unspecified atom stereocenters. The first-order valence-electron chi connectivity index (χ1n) is 5.18. The summed E-state index contributed by atoms with van der Waals surface area (Å²) in [5, 5.41) is 2.44. The highest BCUT2D eigenvalue weighted by molar-refractivity contribution is 7.11. The predicted molar refractivity (Wildman–Crippen MR) is 60.1 cm³/mol. The Labute approximate surface area is 93.1 Å². The van der Waals surface area contributed by atoms with Crippen LogP contribution in [0.5, 0.6) is 0 Å². The van der Waals surface area contributed by atoms with E-state index in [1.165, 1.54) is 11.3 Å². The molecule has 4 nitrogen and oxygen atoms in total. The average Bonchev–Trinajstić information content (AvgIpc) is 2.87. The van der Waals surface area contributed by atoms with Gasteiger partial charge in [-0.3, -0.25) is 9.69 Å². The van der Waals surface area contributed by atoms with Gasteiger partial charge in [0, 0.05) is 24.2 Å². The van der Waals surface area contributed by atoms with E-state index >= 15 is 0 Å². The molecule has 0 aromatic carbocycles. The zero-order valence-electron chi connectivity index (χ0n) is 8.56. The third kappa shape index (κ3) is 2.42. The van der Waals surface area contributed by atoms with E-state index in [1.54, 1.807) is 6.20 Å². The Bertz CT molecular complexity index is 325. The lowest BCUT2D eigenvalue weighted by Gasteiger charge is -2.21. The Hall–Kier alpha value is -0.780. The maximum Gasteiger partial charge on any atom is 0.205 e. The quantitative estimate of drug-likeness (QED) is 0.768. The van der Waals surface area contributed by atoms with Gasteiger partial charge in [0.2, 0.25) is 5.78 Å². The number of rotatable bonds is 4. The van der Waals surface area contributed by atoms with Gasteiger partial charge in [0.05, 0.1) is 6.54 Å². The summed E-state index contributed by atoms with van der Waals surface area (Å²) in [6.07, 6.45) is 3.93. The number of ketones is 1. The number of hydrogen-bond acceptors (Lipinski definition) is 5. The molecule has 1 aliphatic heterocycles. The minimum atomic E-state index is 0.116. The van der Waals surface area contributed by atoms with Crippen LogP contribution in [0.2, 0.25) is 0 Å². The van der Waals surface area contributed by atoms with Gasteiger partial charge in [0.1, 0.15) is 0 Å². The smallest absolute Gasteiger partial charge is 0.205 e. The van der Waals surface area contributed by atoms with Crippen molar-refractivity contribution in [3.63, 3.8) is 0 Å². The lowest BCUT2D eigenvalue weighted by Crippen LogP contribution is -2.38. The van der Waals surface area contributed by atoms with Gasteiger partial charge in [-0.15, -0.1) is 11.3 Å². The molecule has 1 aromatic rings. The molecule has 0 saturated carbocycles. The maximum atomic E-state index is 11.8. The highest BCUT2D eigenvalue weighted by atomic mass is 32.1. The van der Waals surface area contributed by atoms with E-state index in [9.17, 15) is 4.79 Å². The zero-order chi connectivity index (χ0) is 10.7. The van der Waals surface area contributed by atoms with Crippen molar-refractivity contribution >= 4 is 17.1 Å². The van der Waals surface area contributed by atoms with Crippen molar-refractivity contribution in [2.24, 2.45) is 5.73 Å². The predicted octanol–water partition coefficient (Wildman–Crippen LogP) is 0.749. The van der Waals surface area contributed by atoms with E-state index in [2.05, 4.69) is 9.88 Å². The summed E-state index contributed by atoms with van der Waals surface area (Å²) in [4.78, 5) is 18.0. The highest BCUT2D eigenvalue weighted by Gasteiger charge is 2.25. The summed E-state index contributed by atoms with van der Waals surface area (Å²) in [6, 6.07) is 0.383. The van der Waals surface area contributed by atoms with Gasteiger partial charge >= 0.3 is 0 Å². The van der Waals surface area contributed by atoms with Gasteiger partial charge in [-0.05, 0) is 19.4 Å². The molecule has 2 rings (SSSR count). The van der Waals surface area contributed by atoms with Gasteiger partial charge in [0.15, 0.2) is 5.01 Å². The topological polar surface area (TPSA) is 59.2 Å². The second-order valence-electron chi connectivity index (χ2n) is 3.76. The van der Waals surface area contributed by atoms with E-state index in [0.717, 1.165) is 19.4 Å². The first kappa shape index (κ1) is 10.7. The molecule has 0 radical (unpaired) electrons. The van der Waals surface area contributed by atoms with Crippen molar-refractivity contribution in [1.82, 2.24) is 9.88 Å². The number of nitrogens with zero attached hydrogens (tertiary/aromatic N) is 2. The maximum absolute atomic E-state index is 11.8. The molecule has 5 heteroatoms. The second kappa shape index (κ2) is 4.83. The summed E-state index contributed by atoms with van der Waals surface area (Å²) in [6.45, 7) is 2.10. The lowest BCUT2D eigenvalue weighted by molar-refractivity contribution is 0.0923. The van der Waals surface area contributed by atoms with Crippen LogP contribution in [-0.4, -0.2) is 41.3 Å². The van der Waals surface area contributed by atoms with Gasteiger partial charge in [-0.1, -0.05) is 0 Å². The van der Waals surface area contributed by atoms with Crippen LogP contribution in [0.15, 0.2) is 11.6 Å². The fourth-order valence-corrected chi connectivity index (χ4v) is 2.55. The number of likely N-dealkylation sites (tertiary alicyclic amines) is 1. The van der Waals surface area contributed by atoms with Crippen LogP contribution in [-0.2, 0) is 0 Å². The van der Waals surface area contributed by atoms with Crippen LogP contribution >= 0.6 is 11.3 Å². The van der Waals surface area contributed by atoms with Crippen molar-refractivity contribution < 1.29 is 4.79 Å². The number of hydrogen-bond donors (Lipinski definition) is 1. The van der Waals surface area contributed by atoms with Crippen LogP contribution < -0.4 is 5.73 Å². The van der Waals surface area contributed by atoms with Crippen LogP contribution in [0.25, 0.3) is 0 Å². The molecule has 1 fully saturated rings. The minimum absolute atomic E-state index is 0.116. The summed E-state index contributed by atoms with van der Waals surface area (Å²) < 4.78 is 0. The van der Waals surface area contributed by atoms with E-state index in [0.29, 0.717) is 24.1 Å². The van der Waals surface area contributed by atoms with E-state index in [4.69, 9.17) is 5.73 Å². The summed E-state index contributed by atoms with van der Waals surface area (Å²) in [7, 11) is 0. The van der Waals surface area contributed by atoms with E-state index in [-0.39, 0.29) is 5.78 Å². The summed E-state index contributed by atoms with van der Waals surface area (Å²) in [5.41, 5.74) is 5.65. The first-order chi connectivity index (χ1) is 7.31. The molecule has 15 heavy (non-hydrogen) atoms. The molecule has 2 heterocycles. The standard InChI is InChI=1S/C10H15N3OS/c11-6-8-2-1-4-13(8)7-9(14)10-12-3-5-15-10/h3,5,8H,1-2,4,6-7,11H2/t8-/m0/s1. The van der Waals surface area contributed by atoms with Gasteiger partial charge in [-0.2, -0.15) is 0 Å². The number of carbonyl (C=O) groups excluding carboxylic acids is 1. The molecule has 2 N–H and O–H groups in total. The molecule has 1 saturated heterocycles. The third-order valence-electron chi connectivity index (χ3n) is 2.79. The van der Waals surface area contributed by atoms with Crippen LogP contribution in [0.3, 0.4) is 0 Å². The highest BCUT2D eigenvalue weighted by Crippen LogP contribution is 2.17. The lowest BCUT2D eigenvalue weighted by atomic mass is 10.2. The normalized spacial score (nSPS) is 22.1. The summed E-state index contributed by atoms with van der Waals surface area (Å²) >= 11 is 1.40. The Balaban J connectivity index is 1.94. The molecule has 0 aliphatic carbocycles. The number of thiazole rings is 1. The van der Waals surface area contributed by atoms with Crippen molar-refractivity contribution in [2.75, 3.05) is 19.6 Å². The van der Waals surface area contributed by atoms with Crippen LogP contribution in [0, 0.1) is 0 Å². The van der Waals surface area contributed by atoms with Crippen molar-refractivity contribution in [2.45, 2.75) is 18.9 Å². The molecule has 0 bridgehead atoms. The Morgan fingerprint density at radius 2 is 2.60 bits per heavy atom. The number of aromatic nitrogens is 1. The Kier molecular flexibility index (Phi) is 3.45. The van der Waals surface area contributed by atoms with Crippen molar-refractivity contribution in [3.05, 3.63) is 16.6 Å². The molecule has 1 aromatic heterocycles. The average molecular weight is 225 g/mol. The third-order valence-corrected chi connectivity index (χ3v) is 3.60. The monoisotopic (exact) mass is 225 g/mol. The molecule has 1 atom stereocenters. The van der Waals surface area contributed by atoms with Crippen molar-refractivity contribution in [1.29, 1.82) is 0 Å². The number of Topliss-reactive ketones (excluding diaryl/α,β-unsaturated/α-hetero) is 1. The van der Waals surface area contributed by atoms with Crippen LogP contribution in [0.4, 0.5) is 0 Å². The van der Waals surface area contributed by atoms with E-state index < -0.39 is 0 Å². The first-order valence-corrected chi connectivity index (χ1v) is 6.06. The fourth-order valence-electron chi connectivity index (χ4n) is 1.98. The Morgan fingerprint density at radius 1 is 1.73 bits per heavy atom. The number of carbonyl (C=O) groups is 1. The molecular weight excluding hydrogens is 210 g/mol. The fraction of sp³-hybridized carbons (Fsp3) is 0.600. The Morgan fingerprint density at radius 3 is 3.27 bits per heavy atom. The molecular formula is C10H15N3OS. The zero-order valence-corrected chi connectivity index (χ0v) is 9.37.